The third-order valence-corrected chi connectivity index (χ3v) is 3.13. The standard InChI is InChI=1S/C14H11ClF2N2O/c1-19(13-5-3-2-4-12(13)18)14(20)8-6-11(17)9(15)7-10(8)16/h2-7H,18H2,1H3. The van der Waals surface area contributed by atoms with Gasteiger partial charge in [-0.1, -0.05) is 23.7 Å². The van der Waals surface area contributed by atoms with Gasteiger partial charge >= 0.3 is 0 Å². The second kappa shape index (κ2) is 5.46. The summed E-state index contributed by atoms with van der Waals surface area (Å²) in [4.78, 5) is 13.4. The van der Waals surface area contributed by atoms with E-state index in [-0.39, 0.29) is 5.02 Å². The SMILES string of the molecule is CN(C(=O)c1cc(F)c(Cl)cc1F)c1ccccc1N. The van der Waals surface area contributed by atoms with Gasteiger partial charge < -0.3 is 10.6 Å². The number of halogens is 3. The summed E-state index contributed by atoms with van der Waals surface area (Å²) in [6.07, 6.45) is 0. The molecular weight excluding hydrogens is 286 g/mol. The molecule has 0 saturated carbocycles. The number of carbonyl (C=O) groups excluding carboxylic acids is 1. The van der Waals surface area contributed by atoms with E-state index in [9.17, 15) is 13.6 Å². The first-order valence-corrected chi connectivity index (χ1v) is 6.06. The lowest BCUT2D eigenvalue weighted by molar-refractivity contribution is 0.0988. The van der Waals surface area contributed by atoms with Crippen molar-refractivity contribution in [3.05, 3.63) is 58.6 Å². The maximum atomic E-state index is 13.7. The number of hydrogen-bond donors (Lipinski definition) is 1. The molecule has 0 atom stereocenters. The third-order valence-electron chi connectivity index (χ3n) is 2.84. The smallest absolute Gasteiger partial charge is 0.261 e. The molecule has 3 nitrogen and oxygen atoms in total. The number of amides is 1. The summed E-state index contributed by atoms with van der Waals surface area (Å²) in [6.45, 7) is 0. The van der Waals surface area contributed by atoms with Crippen LogP contribution in [0.25, 0.3) is 0 Å². The molecule has 0 spiro atoms. The molecule has 0 heterocycles. The minimum atomic E-state index is -0.886. The molecule has 0 aliphatic rings. The molecule has 1 amide bonds. The number of benzene rings is 2. The summed E-state index contributed by atoms with van der Waals surface area (Å²) in [5, 5.41) is -0.374. The van der Waals surface area contributed by atoms with Gasteiger partial charge in [0.1, 0.15) is 11.6 Å². The van der Waals surface area contributed by atoms with Crippen LogP contribution in [0, 0.1) is 11.6 Å². The van der Waals surface area contributed by atoms with Crippen molar-refractivity contribution in [2.24, 2.45) is 0 Å². The molecule has 2 rings (SSSR count). The van der Waals surface area contributed by atoms with Crippen LogP contribution in [0.2, 0.25) is 5.02 Å². The van der Waals surface area contributed by atoms with Gasteiger partial charge in [0.15, 0.2) is 0 Å². The number of carbonyl (C=O) groups is 1. The predicted molar refractivity (Wildman–Crippen MR) is 75.0 cm³/mol. The summed E-state index contributed by atoms with van der Waals surface area (Å²) in [5.74, 6) is -2.45. The fourth-order valence-electron chi connectivity index (χ4n) is 1.77. The van der Waals surface area contributed by atoms with E-state index in [1.165, 1.54) is 7.05 Å². The molecule has 0 aliphatic heterocycles. The normalized spacial score (nSPS) is 10.4. The minimum absolute atomic E-state index is 0.359. The van der Waals surface area contributed by atoms with Gasteiger partial charge in [-0.05, 0) is 24.3 Å². The summed E-state index contributed by atoms with van der Waals surface area (Å²) in [5.41, 5.74) is 6.11. The predicted octanol–water partition coefficient (Wildman–Crippen LogP) is 3.48. The lowest BCUT2D eigenvalue weighted by atomic mass is 10.1. The Morgan fingerprint density at radius 1 is 1.20 bits per heavy atom. The molecule has 0 aliphatic carbocycles. The molecule has 2 aromatic carbocycles. The van der Waals surface area contributed by atoms with Crippen molar-refractivity contribution >= 4 is 28.9 Å². The first kappa shape index (κ1) is 14.3. The van der Waals surface area contributed by atoms with Crippen LogP contribution in [0.1, 0.15) is 10.4 Å². The molecule has 2 N–H and O–H groups in total. The van der Waals surface area contributed by atoms with Gasteiger partial charge in [-0.3, -0.25) is 4.79 Å². The van der Waals surface area contributed by atoms with E-state index in [0.717, 1.165) is 17.0 Å². The van der Waals surface area contributed by atoms with Crippen molar-refractivity contribution in [3.63, 3.8) is 0 Å². The van der Waals surface area contributed by atoms with Crippen LogP contribution >= 0.6 is 11.6 Å². The Hall–Kier alpha value is -2.14. The van der Waals surface area contributed by atoms with Crippen molar-refractivity contribution in [1.82, 2.24) is 0 Å². The number of anilines is 2. The van der Waals surface area contributed by atoms with Crippen LogP contribution in [0.5, 0.6) is 0 Å². The van der Waals surface area contributed by atoms with Crippen LogP contribution in [0.3, 0.4) is 0 Å². The maximum absolute atomic E-state index is 13.7. The first-order chi connectivity index (χ1) is 9.41. The van der Waals surface area contributed by atoms with E-state index in [2.05, 4.69) is 0 Å². The zero-order valence-electron chi connectivity index (χ0n) is 10.5. The van der Waals surface area contributed by atoms with Crippen LogP contribution in [0.15, 0.2) is 36.4 Å². The van der Waals surface area contributed by atoms with E-state index in [4.69, 9.17) is 17.3 Å². The van der Waals surface area contributed by atoms with Crippen LogP contribution in [0.4, 0.5) is 20.2 Å². The quantitative estimate of drug-likeness (QED) is 0.681. The molecule has 6 heteroatoms. The van der Waals surface area contributed by atoms with Crippen LogP contribution in [-0.2, 0) is 0 Å². The van der Waals surface area contributed by atoms with E-state index >= 15 is 0 Å². The van der Waals surface area contributed by atoms with E-state index < -0.39 is 23.1 Å². The molecule has 0 fully saturated rings. The fourth-order valence-corrected chi connectivity index (χ4v) is 1.92. The maximum Gasteiger partial charge on any atom is 0.261 e. The van der Waals surface area contributed by atoms with Gasteiger partial charge in [0.05, 0.1) is 22.0 Å². The van der Waals surface area contributed by atoms with Crippen molar-refractivity contribution in [2.45, 2.75) is 0 Å². The lowest BCUT2D eigenvalue weighted by Crippen LogP contribution is -2.28. The molecule has 0 radical (unpaired) electrons. The highest BCUT2D eigenvalue weighted by Crippen LogP contribution is 2.25. The molecule has 104 valence electrons. The van der Waals surface area contributed by atoms with Crippen LogP contribution < -0.4 is 10.6 Å². The van der Waals surface area contributed by atoms with Crippen molar-refractivity contribution in [1.29, 1.82) is 0 Å². The monoisotopic (exact) mass is 296 g/mol. The van der Waals surface area contributed by atoms with E-state index in [0.29, 0.717) is 11.4 Å². The largest absolute Gasteiger partial charge is 0.397 e. The summed E-state index contributed by atoms with van der Waals surface area (Å²) >= 11 is 5.45. The van der Waals surface area contributed by atoms with E-state index in [1.807, 2.05) is 0 Å². The van der Waals surface area contributed by atoms with Crippen molar-refractivity contribution in [3.8, 4) is 0 Å². The Labute approximate surface area is 119 Å². The second-order valence-corrected chi connectivity index (χ2v) is 4.58. The number of nitrogens with two attached hydrogens (primary N) is 1. The van der Waals surface area contributed by atoms with Crippen molar-refractivity contribution < 1.29 is 13.6 Å². The highest BCUT2D eigenvalue weighted by Gasteiger charge is 2.20. The Balaban J connectivity index is 2.42. The summed E-state index contributed by atoms with van der Waals surface area (Å²) < 4.78 is 27.1. The topological polar surface area (TPSA) is 46.3 Å². The zero-order chi connectivity index (χ0) is 14.9. The molecular formula is C14H11ClF2N2O. The Morgan fingerprint density at radius 2 is 1.85 bits per heavy atom. The third kappa shape index (κ3) is 2.58. The second-order valence-electron chi connectivity index (χ2n) is 4.17. The molecule has 0 saturated heterocycles. The van der Waals surface area contributed by atoms with Gasteiger partial charge in [-0.25, -0.2) is 8.78 Å². The fraction of sp³-hybridized carbons (Fsp3) is 0.0714. The average molecular weight is 297 g/mol. The highest BCUT2D eigenvalue weighted by atomic mass is 35.5. The highest BCUT2D eigenvalue weighted by molar-refractivity contribution is 6.30. The molecule has 0 bridgehead atoms. The van der Waals surface area contributed by atoms with Crippen LogP contribution in [-0.4, -0.2) is 13.0 Å². The summed E-state index contributed by atoms with van der Waals surface area (Å²) in [6, 6.07) is 8.16. The van der Waals surface area contributed by atoms with Gasteiger partial charge in [0.2, 0.25) is 0 Å². The number of rotatable bonds is 2. The zero-order valence-corrected chi connectivity index (χ0v) is 11.3. The minimum Gasteiger partial charge on any atom is -0.397 e. The van der Waals surface area contributed by atoms with Gasteiger partial charge in [0, 0.05) is 7.05 Å². The van der Waals surface area contributed by atoms with Gasteiger partial charge in [-0.2, -0.15) is 0 Å². The molecule has 20 heavy (non-hydrogen) atoms. The van der Waals surface area contributed by atoms with E-state index in [1.54, 1.807) is 24.3 Å². The Kier molecular flexibility index (Phi) is 3.90. The Bertz CT molecular complexity index is 676. The molecule has 0 unspecified atom stereocenters. The number of nitrogens with zero attached hydrogens (tertiary/aromatic N) is 1. The molecule has 2 aromatic rings. The molecule has 0 aromatic heterocycles. The summed E-state index contributed by atoms with van der Waals surface area (Å²) in [7, 11) is 1.43. The number of nitrogen functional groups attached to an aromatic ring is 1. The Morgan fingerprint density at radius 3 is 2.50 bits per heavy atom. The first-order valence-electron chi connectivity index (χ1n) is 5.69. The van der Waals surface area contributed by atoms with Gasteiger partial charge in [0.25, 0.3) is 5.91 Å². The van der Waals surface area contributed by atoms with Gasteiger partial charge in [-0.15, -0.1) is 0 Å². The number of hydrogen-bond acceptors (Lipinski definition) is 2. The average Bonchev–Trinajstić information content (AvgIpc) is 2.42. The number of para-hydroxylation sites is 2. The van der Waals surface area contributed by atoms with Crippen molar-refractivity contribution in [2.75, 3.05) is 17.7 Å². The lowest BCUT2D eigenvalue weighted by Gasteiger charge is -2.19.